The van der Waals surface area contributed by atoms with Crippen molar-refractivity contribution in [1.29, 1.82) is 0 Å². The molecule has 1 N–H and O–H groups in total. The predicted octanol–water partition coefficient (Wildman–Crippen LogP) is -0.243. The summed E-state index contributed by atoms with van der Waals surface area (Å²) in [6.07, 6.45) is 0. The lowest BCUT2D eigenvalue weighted by Gasteiger charge is -2.01. The molecule has 0 atom stereocenters. The van der Waals surface area contributed by atoms with E-state index in [0.717, 1.165) is 0 Å². The van der Waals surface area contributed by atoms with Crippen molar-refractivity contribution in [3.8, 4) is 0 Å². The van der Waals surface area contributed by atoms with E-state index in [1.807, 2.05) is 0 Å². The summed E-state index contributed by atoms with van der Waals surface area (Å²) in [7, 11) is 4.23. The summed E-state index contributed by atoms with van der Waals surface area (Å²) in [5.74, 6) is -0.375. The molecular weight excluding hydrogens is 174 g/mol. The number of nitrogens with one attached hydrogen (secondary N) is 1. The monoisotopic (exact) mass is 187 g/mol. The van der Waals surface area contributed by atoms with Gasteiger partial charge in [-0.2, -0.15) is 0 Å². The number of nitrogens with zero attached hydrogens (tertiary/aromatic N) is 2. The summed E-state index contributed by atoms with van der Waals surface area (Å²) in [6.45, 7) is 1.59. The van der Waals surface area contributed by atoms with Crippen LogP contribution in [0.2, 0.25) is 0 Å². The highest BCUT2D eigenvalue weighted by Crippen LogP contribution is 1.87. The molecule has 0 saturated carbocycles. The van der Waals surface area contributed by atoms with Crippen molar-refractivity contribution >= 4 is 17.3 Å². The zero-order valence-corrected chi connectivity index (χ0v) is 8.12. The fraction of sp³-hybridized carbons (Fsp3) is 0.571. The number of carbonyl (C=O) groups excluding carboxylic acids is 1. The van der Waals surface area contributed by atoms with Crippen molar-refractivity contribution in [3.63, 3.8) is 0 Å². The van der Waals surface area contributed by atoms with Crippen LogP contribution >= 0.6 is 0 Å². The molecule has 0 aromatic heterocycles. The van der Waals surface area contributed by atoms with Crippen LogP contribution in [-0.2, 0) is 14.5 Å². The number of hydrogen-bond donors (Lipinski definition) is 1. The van der Waals surface area contributed by atoms with Gasteiger partial charge in [0, 0.05) is 7.05 Å². The van der Waals surface area contributed by atoms with Crippen LogP contribution in [0.1, 0.15) is 6.92 Å². The van der Waals surface area contributed by atoms with Crippen LogP contribution in [0.15, 0.2) is 10.3 Å². The molecule has 0 aromatic carbocycles. The maximum atomic E-state index is 11.2. The van der Waals surface area contributed by atoms with Crippen molar-refractivity contribution in [3.05, 3.63) is 0 Å². The molecule has 0 saturated heterocycles. The Labute approximate surface area is 76.6 Å². The first-order chi connectivity index (χ1) is 6.17. The molecule has 0 rings (SSSR count). The van der Waals surface area contributed by atoms with Crippen LogP contribution in [0, 0.1) is 0 Å². The highest BCUT2D eigenvalue weighted by molar-refractivity contribution is 6.66. The van der Waals surface area contributed by atoms with E-state index in [1.54, 1.807) is 6.92 Å². The summed E-state index contributed by atoms with van der Waals surface area (Å²) in [5, 5.41) is 9.47. The Hall–Kier alpha value is -1.59. The minimum atomic E-state index is -0.375. The van der Waals surface area contributed by atoms with Crippen LogP contribution in [0.5, 0.6) is 0 Å². The van der Waals surface area contributed by atoms with E-state index in [4.69, 9.17) is 0 Å². The molecule has 0 heterocycles. The molecule has 0 aliphatic carbocycles. The maximum Gasteiger partial charge on any atom is 0.275 e. The Morgan fingerprint density at radius 3 is 2.15 bits per heavy atom. The molecule has 0 aliphatic heterocycles. The fourth-order valence-electron chi connectivity index (χ4n) is 0.662. The standard InChI is InChI=1S/C7H13N3O3/c1-5(9-12-3)6(10-13-4)7(11)8-2/h1-4H3,(H,8,11). The number of oxime groups is 2. The molecule has 1 amide bonds. The van der Waals surface area contributed by atoms with Crippen molar-refractivity contribution in [2.45, 2.75) is 6.92 Å². The summed E-state index contributed by atoms with van der Waals surface area (Å²) < 4.78 is 0. The van der Waals surface area contributed by atoms with Gasteiger partial charge in [0.05, 0.1) is 0 Å². The van der Waals surface area contributed by atoms with Crippen molar-refractivity contribution in [2.75, 3.05) is 21.3 Å². The molecular formula is C7H13N3O3. The molecule has 13 heavy (non-hydrogen) atoms. The molecule has 6 heteroatoms. The minimum Gasteiger partial charge on any atom is -0.399 e. The summed E-state index contributed by atoms with van der Waals surface area (Å²) in [5.41, 5.74) is 0.440. The summed E-state index contributed by atoms with van der Waals surface area (Å²) in [6, 6.07) is 0. The van der Waals surface area contributed by atoms with Crippen LogP contribution in [-0.4, -0.2) is 38.6 Å². The number of rotatable bonds is 4. The SMILES string of the molecule is CNC(=O)C(=NOC)C(C)=NOC. The van der Waals surface area contributed by atoms with Crippen molar-refractivity contribution < 1.29 is 14.5 Å². The largest absolute Gasteiger partial charge is 0.399 e. The van der Waals surface area contributed by atoms with Gasteiger partial charge in [0.2, 0.25) is 0 Å². The van der Waals surface area contributed by atoms with E-state index in [9.17, 15) is 4.79 Å². The maximum absolute atomic E-state index is 11.2. The molecule has 0 unspecified atom stereocenters. The van der Waals surface area contributed by atoms with Gasteiger partial charge in [0.25, 0.3) is 5.91 Å². The van der Waals surface area contributed by atoms with Gasteiger partial charge in [0.15, 0.2) is 5.71 Å². The lowest BCUT2D eigenvalue weighted by atomic mass is 10.2. The van der Waals surface area contributed by atoms with Gasteiger partial charge in [-0.05, 0) is 6.92 Å². The number of hydrogen-bond acceptors (Lipinski definition) is 5. The Morgan fingerprint density at radius 1 is 1.23 bits per heavy atom. The Bertz CT molecular complexity index is 235. The first-order valence-corrected chi connectivity index (χ1v) is 3.58. The zero-order valence-electron chi connectivity index (χ0n) is 8.12. The van der Waals surface area contributed by atoms with E-state index >= 15 is 0 Å². The van der Waals surface area contributed by atoms with Gasteiger partial charge in [0.1, 0.15) is 19.9 Å². The lowest BCUT2D eigenvalue weighted by Crippen LogP contribution is -2.32. The molecule has 0 radical (unpaired) electrons. The molecule has 74 valence electrons. The Kier molecular flexibility index (Phi) is 5.25. The van der Waals surface area contributed by atoms with E-state index in [-0.39, 0.29) is 11.6 Å². The topological polar surface area (TPSA) is 72.3 Å². The van der Waals surface area contributed by atoms with Crippen LogP contribution in [0.3, 0.4) is 0 Å². The average molecular weight is 187 g/mol. The Morgan fingerprint density at radius 2 is 1.77 bits per heavy atom. The van der Waals surface area contributed by atoms with E-state index in [2.05, 4.69) is 25.3 Å². The minimum absolute atomic E-state index is 0.0897. The molecule has 0 aliphatic rings. The number of amides is 1. The fourth-order valence-corrected chi connectivity index (χ4v) is 0.662. The van der Waals surface area contributed by atoms with Gasteiger partial charge in [-0.3, -0.25) is 4.79 Å². The summed E-state index contributed by atoms with van der Waals surface area (Å²) >= 11 is 0. The lowest BCUT2D eigenvalue weighted by molar-refractivity contribution is -0.114. The smallest absolute Gasteiger partial charge is 0.275 e. The average Bonchev–Trinajstić information content (AvgIpc) is 2.13. The van der Waals surface area contributed by atoms with Crippen LogP contribution < -0.4 is 5.32 Å². The van der Waals surface area contributed by atoms with Crippen LogP contribution in [0.4, 0.5) is 0 Å². The van der Waals surface area contributed by atoms with E-state index in [1.165, 1.54) is 21.3 Å². The number of carbonyl (C=O) groups is 1. The quantitative estimate of drug-likeness (QED) is 0.487. The molecule has 0 fully saturated rings. The molecule has 0 spiro atoms. The Balaban J connectivity index is 4.72. The molecule has 0 bridgehead atoms. The molecule has 6 nitrogen and oxygen atoms in total. The van der Waals surface area contributed by atoms with Crippen LogP contribution in [0.25, 0.3) is 0 Å². The highest BCUT2D eigenvalue weighted by Gasteiger charge is 2.14. The first-order valence-electron chi connectivity index (χ1n) is 3.58. The second-order valence-electron chi connectivity index (χ2n) is 2.06. The third-order valence-corrected chi connectivity index (χ3v) is 1.20. The normalized spacial score (nSPS) is 12.3. The van der Waals surface area contributed by atoms with Crippen molar-refractivity contribution in [1.82, 2.24) is 5.32 Å². The zero-order chi connectivity index (χ0) is 10.3. The van der Waals surface area contributed by atoms with Crippen molar-refractivity contribution in [2.24, 2.45) is 10.3 Å². The third-order valence-electron chi connectivity index (χ3n) is 1.20. The predicted molar refractivity (Wildman–Crippen MR) is 48.6 cm³/mol. The highest BCUT2D eigenvalue weighted by atomic mass is 16.6. The van der Waals surface area contributed by atoms with Gasteiger partial charge in [-0.25, -0.2) is 0 Å². The van der Waals surface area contributed by atoms with Gasteiger partial charge in [-0.15, -0.1) is 0 Å². The van der Waals surface area contributed by atoms with E-state index in [0.29, 0.717) is 5.71 Å². The second-order valence-corrected chi connectivity index (χ2v) is 2.06. The molecule has 0 aromatic rings. The van der Waals surface area contributed by atoms with Gasteiger partial charge in [-0.1, -0.05) is 10.3 Å². The van der Waals surface area contributed by atoms with Gasteiger partial charge < -0.3 is 15.0 Å². The van der Waals surface area contributed by atoms with E-state index < -0.39 is 0 Å². The second kappa shape index (κ2) is 5.99. The summed E-state index contributed by atoms with van der Waals surface area (Å²) in [4.78, 5) is 20.1. The third kappa shape index (κ3) is 3.55. The van der Waals surface area contributed by atoms with Gasteiger partial charge >= 0.3 is 0 Å². The first kappa shape index (κ1) is 11.4.